The lowest BCUT2D eigenvalue weighted by atomic mass is 9.92. The Morgan fingerprint density at radius 1 is 1.15 bits per heavy atom. The molecule has 2 rings (SSSR count). The number of ketones is 1. The number of benzene rings is 2. The fourth-order valence-corrected chi connectivity index (χ4v) is 2.16. The van der Waals surface area contributed by atoms with Crippen molar-refractivity contribution < 1.29 is 9.18 Å². The molecule has 0 amide bonds. The van der Waals surface area contributed by atoms with Gasteiger partial charge in [-0.05, 0) is 35.4 Å². The molecule has 0 heterocycles. The number of hydrogen-bond acceptors (Lipinski definition) is 2. The third-order valence-electron chi connectivity index (χ3n) is 2.95. The van der Waals surface area contributed by atoms with Crippen LogP contribution in [0.3, 0.4) is 0 Å². The maximum atomic E-state index is 12.9. The second-order valence-electron chi connectivity index (χ2n) is 4.38. The van der Waals surface area contributed by atoms with Crippen LogP contribution < -0.4 is 0 Å². The van der Waals surface area contributed by atoms with Crippen molar-refractivity contribution in [3.63, 3.8) is 0 Å². The highest BCUT2D eigenvalue weighted by Gasteiger charge is 2.20. The van der Waals surface area contributed by atoms with E-state index in [9.17, 15) is 9.18 Å². The molecule has 0 saturated heterocycles. The number of carbonyl (C=O) groups excluding carboxylic acids is 1. The summed E-state index contributed by atoms with van der Waals surface area (Å²) in [6.07, 6.45) is 0.183. The molecular formula is C16H11BrFNO. The van der Waals surface area contributed by atoms with Crippen molar-refractivity contribution in [3.05, 3.63) is 69.9 Å². The van der Waals surface area contributed by atoms with E-state index >= 15 is 0 Å². The van der Waals surface area contributed by atoms with Gasteiger partial charge >= 0.3 is 0 Å². The van der Waals surface area contributed by atoms with E-state index < -0.39 is 5.92 Å². The van der Waals surface area contributed by atoms with Gasteiger partial charge < -0.3 is 0 Å². The van der Waals surface area contributed by atoms with Crippen LogP contribution in [-0.2, 0) is 11.2 Å². The van der Waals surface area contributed by atoms with Gasteiger partial charge in [-0.2, -0.15) is 5.26 Å². The summed E-state index contributed by atoms with van der Waals surface area (Å²) in [6, 6.07) is 14.8. The van der Waals surface area contributed by atoms with Crippen LogP contribution in [0.15, 0.2) is 53.0 Å². The fraction of sp³-hybridized carbons (Fsp3) is 0.125. The van der Waals surface area contributed by atoms with Crippen LogP contribution >= 0.6 is 15.9 Å². The Labute approximate surface area is 125 Å². The van der Waals surface area contributed by atoms with E-state index in [1.54, 1.807) is 0 Å². The van der Waals surface area contributed by atoms with E-state index in [1.807, 2.05) is 30.3 Å². The predicted molar refractivity (Wildman–Crippen MR) is 77.6 cm³/mol. The smallest absolute Gasteiger partial charge is 0.158 e. The van der Waals surface area contributed by atoms with Crippen molar-refractivity contribution in [2.75, 3.05) is 0 Å². The van der Waals surface area contributed by atoms with Crippen LogP contribution in [0.4, 0.5) is 4.39 Å². The van der Waals surface area contributed by atoms with Gasteiger partial charge in [0.25, 0.3) is 0 Å². The number of halogens is 2. The largest absolute Gasteiger partial charge is 0.297 e. The number of hydrogen-bond donors (Lipinski definition) is 0. The van der Waals surface area contributed by atoms with Gasteiger partial charge in [-0.15, -0.1) is 0 Å². The lowest BCUT2D eigenvalue weighted by molar-refractivity contribution is -0.118. The van der Waals surface area contributed by atoms with Crippen LogP contribution in [0.2, 0.25) is 0 Å². The number of rotatable bonds is 4. The molecule has 4 heteroatoms. The Kier molecular flexibility index (Phi) is 4.65. The molecule has 2 aromatic carbocycles. The first-order chi connectivity index (χ1) is 9.60. The minimum atomic E-state index is -0.862. The van der Waals surface area contributed by atoms with E-state index in [1.165, 1.54) is 24.3 Å². The van der Waals surface area contributed by atoms with Crippen molar-refractivity contribution >= 4 is 21.7 Å². The maximum absolute atomic E-state index is 12.9. The molecule has 0 aromatic heterocycles. The molecule has 0 aliphatic rings. The van der Waals surface area contributed by atoms with E-state index in [0.717, 1.165) is 10.0 Å². The highest BCUT2D eigenvalue weighted by atomic mass is 79.9. The van der Waals surface area contributed by atoms with Gasteiger partial charge in [-0.25, -0.2) is 4.39 Å². The molecule has 2 nitrogen and oxygen atoms in total. The first kappa shape index (κ1) is 14.4. The second-order valence-corrected chi connectivity index (χ2v) is 5.30. The third-order valence-corrected chi connectivity index (χ3v) is 3.47. The summed E-state index contributed by atoms with van der Waals surface area (Å²) >= 11 is 3.32. The zero-order chi connectivity index (χ0) is 14.5. The summed E-state index contributed by atoms with van der Waals surface area (Å²) in [4.78, 5) is 12.2. The molecule has 0 saturated carbocycles. The molecule has 20 heavy (non-hydrogen) atoms. The van der Waals surface area contributed by atoms with Crippen LogP contribution in [0.1, 0.15) is 17.0 Å². The molecule has 1 atom stereocenters. The molecule has 2 aromatic rings. The Morgan fingerprint density at radius 3 is 2.30 bits per heavy atom. The monoisotopic (exact) mass is 331 g/mol. The zero-order valence-corrected chi connectivity index (χ0v) is 12.1. The van der Waals surface area contributed by atoms with E-state index in [4.69, 9.17) is 5.26 Å². The highest BCUT2D eigenvalue weighted by Crippen LogP contribution is 2.19. The van der Waals surface area contributed by atoms with E-state index in [-0.39, 0.29) is 18.0 Å². The molecule has 0 aliphatic heterocycles. The summed E-state index contributed by atoms with van der Waals surface area (Å²) < 4.78 is 13.8. The van der Waals surface area contributed by atoms with Gasteiger partial charge in [0.05, 0.1) is 6.07 Å². The van der Waals surface area contributed by atoms with Crippen molar-refractivity contribution in [3.8, 4) is 6.07 Å². The van der Waals surface area contributed by atoms with Crippen LogP contribution in [0, 0.1) is 17.1 Å². The van der Waals surface area contributed by atoms with Crippen LogP contribution in [-0.4, -0.2) is 5.78 Å². The standard InChI is InChI=1S/C16H11BrFNO/c17-13-5-1-11(2-6-13)9-16(20)15(10-19)12-3-7-14(18)8-4-12/h1-8,15H,9H2. The molecule has 0 radical (unpaired) electrons. The van der Waals surface area contributed by atoms with Crippen LogP contribution in [0.5, 0.6) is 0 Å². The summed E-state index contributed by atoms with van der Waals surface area (Å²) in [5, 5.41) is 9.17. The molecule has 0 bridgehead atoms. The topological polar surface area (TPSA) is 40.9 Å². The summed E-state index contributed by atoms with van der Waals surface area (Å²) in [7, 11) is 0. The molecule has 100 valence electrons. The Bertz CT molecular complexity index is 644. The molecule has 0 spiro atoms. The average molecular weight is 332 g/mol. The van der Waals surface area contributed by atoms with Gasteiger partial charge in [-0.3, -0.25) is 4.79 Å². The van der Waals surface area contributed by atoms with Crippen molar-refractivity contribution in [2.24, 2.45) is 0 Å². The fourth-order valence-electron chi connectivity index (χ4n) is 1.89. The molecule has 1 unspecified atom stereocenters. The molecule has 0 N–H and O–H groups in total. The molecular weight excluding hydrogens is 321 g/mol. The molecule has 0 aliphatic carbocycles. The first-order valence-electron chi connectivity index (χ1n) is 6.02. The van der Waals surface area contributed by atoms with Crippen molar-refractivity contribution in [1.29, 1.82) is 5.26 Å². The number of Topliss-reactive ketones (excluding diaryl/α,β-unsaturated/α-hetero) is 1. The summed E-state index contributed by atoms with van der Waals surface area (Å²) in [5.41, 5.74) is 1.37. The van der Waals surface area contributed by atoms with E-state index in [2.05, 4.69) is 15.9 Å². The quantitative estimate of drug-likeness (QED) is 0.849. The normalized spacial score (nSPS) is 11.7. The van der Waals surface area contributed by atoms with E-state index in [0.29, 0.717) is 5.56 Å². The lowest BCUT2D eigenvalue weighted by Gasteiger charge is -2.08. The van der Waals surface area contributed by atoms with Gasteiger partial charge in [0.1, 0.15) is 11.7 Å². The lowest BCUT2D eigenvalue weighted by Crippen LogP contribution is -2.13. The summed E-state index contributed by atoms with van der Waals surface area (Å²) in [5.74, 6) is -1.44. The second kappa shape index (κ2) is 6.44. The Morgan fingerprint density at radius 2 is 1.75 bits per heavy atom. The average Bonchev–Trinajstić information content (AvgIpc) is 2.44. The first-order valence-corrected chi connectivity index (χ1v) is 6.81. The van der Waals surface area contributed by atoms with Crippen molar-refractivity contribution in [1.82, 2.24) is 0 Å². The van der Waals surface area contributed by atoms with Gasteiger partial charge in [0.2, 0.25) is 0 Å². The van der Waals surface area contributed by atoms with Gasteiger partial charge in [0.15, 0.2) is 5.78 Å². The molecule has 0 fully saturated rings. The number of carbonyl (C=O) groups is 1. The highest BCUT2D eigenvalue weighted by molar-refractivity contribution is 9.10. The third kappa shape index (κ3) is 3.52. The van der Waals surface area contributed by atoms with Gasteiger partial charge in [-0.1, -0.05) is 40.2 Å². The zero-order valence-electron chi connectivity index (χ0n) is 10.5. The maximum Gasteiger partial charge on any atom is 0.158 e. The van der Waals surface area contributed by atoms with Crippen molar-refractivity contribution in [2.45, 2.75) is 12.3 Å². The van der Waals surface area contributed by atoms with Gasteiger partial charge in [0, 0.05) is 10.9 Å². The summed E-state index contributed by atoms with van der Waals surface area (Å²) in [6.45, 7) is 0. The SMILES string of the molecule is N#CC(C(=O)Cc1ccc(Br)cc1)c1ccc(F)cc1. The number of nitriles is 1. The minimum Gasteiger partial charge on any atom is -0.297 e. The van der Waals surface area contributed by atoms with Crippen LogP contribution in [0.25, 0.3) is 0 Å². The number of nitrogens with zero attached hydrogens (tertiary/aromatic N) is 1. The predicted octanol–water partition coefficient (Wildman–Crippen LogP) is 4.01. The Balaban J connectivity index is 2.15. The Hall–Kier alpha value is -1.99. The minimum absolute atomic E-state index is 0.183.